The van der Waals surface area contributed by atoms with Crippen LogP contribution in [0.25, 0.3) is 0 Å². The van der Waals surface area contributed by atoms with Crippen LogP contribution in [0, 0.1) is 5.82 Å². The fraction of sp³-hybridized carbons (Fsp3) is 0.462. The summed E-state index contributed by atoms with van der Waals surface area (Å²) < 4.78 is 22.9. The van der Waals surface area contributed by atoms with E-state index in [0.29, 0.717) is 25.2 Å². The van der Waals surface area contributed by atoms with Gasteiger partial charge < -0.3 is 9.47 Å². The molecule has 0 fully saturated rings. The van der Waals surface area contributed by atoms with Gasteiger partial charge in [-0.25, -0.2) is 4.39 Å². The van der Waals surface area contributed by atoms with E-state index in [2.05, 4.69) is 0 Å². The topological polar surface area (TPSA) is 35.5 Å². The normalized spacial score (nSPS) is 12.4. The molecule has 1 aromatic carbocycles. The third kappa shape index (κ3) is 5.06. The summed E-state index contributed by atoms with van der Waals surface area (Å²) in [6.45, 7) is 2.73. The maximum atomic E-state index is 12.6. The van der Waals surface area contributed by atoms with Gasteiger partial charge in [0.05, 0.1) is 19.3 Å². The monoisotopic (exact) mass is 240 g/mol. The molecule has 0 spiro atoms. The second-order valence-corrected chi connectivity index (χ2v) is 3.82. The molecule has 1 rings (SSSR count). The molecule has 0 N–H and O–H groups in total. The van der Waals surface area contributed by atoms with Crippen LogP contribution in [-0.4, -0.2) is 32.2 Å². The molecule has 0 heterocycles. The number of benzene rings is 1. The van der Waals surface area contributed by atoms with E-state index < -0.39 is 0 Å². The van der Waals surface area contributed by atoms with Crippen LogP contribution in [0.1, 0.15) is 23.7 Å². The Morgan fingerprint density at radius 2 is 2.00 bits per heavy atom. The number of hydrogen-bond donors (Lipinski definition) is 0. The molecule has 0 saturated heterocycles. The van der Waals surface area contributed by atoms with Crippen LogP contribution < -0.4 is 0 Å². The van der Waals surface area contributed by atoms with E-state index in [1.165, 1.54) is 24.3 Å². The number of Topliss-reactive ketones (excluding diaryl/α,β-unsaturated/α-hetero) is 1. The molecule has 0 aromatic heterocycles. The third-order valence-corrected chi connectivity index (χ3v) is 2.30. The van der Waals surface area contributed by atoms with E-state index in [4.69, 9.17) is 9.47 Å². The molecule has 1 atom stereocenters. The first-order chi connectivity index (χ1) is 8.13. The lowest BCUT2D eigenvalue weighted by molar-refractivity contribution is 0.00912. The zero-order chi connectivity index (χ0) is 12.7. The van der Waals surface area contributed by atoms with Crippen LogP contribution in [0.3, 0.4) is 0 Å². The molecule has 0 radical (unpaired) electrons. The summed E-state index contributed by atoms with van der Waals surface area (Å²) >= 11 is 0. The van der Waals surface area contributed by atoms with Gasteiger partial charge in [-0.3, -0.25) is 4.79 Å². The standard InChI is InChI=1S/C13H17FO3/c1-10(9-16-2)17-8-7-13(15)11-3-5-12(14)6-4-11/h3-6,10H,7-9H2,1-2H3. The van der Waals surface area contributed by atoms with Gasteiger partial charge in [0.25, 0.3) is 0 Å². The largest absolute Gasteiger partial charge is 0.382 e. The third-order valence-electron chi connectivity index (χ3n) is 2.30. The van der Waals surface area contributed by atoms with Crippen molar-refractivity contribution < 1.29 is 18.7 Å². The van der Waals surface area contributed by atoms with Crippen molar-refractivity contribution in [3.05, 3.63) is 35.6 Å². The number of carbonyl (C=O) groups excluding carboxylic acids is 1. The molecule has 1 unspecified atom stereocenters. The van der Waals surface area contributed by atoms with Crippen molar-refractivity contribution in [1.82, 2.24) is 0 Å². The molecule has 3 nitrogen and oxygen atoms in total. The summed E-state index contributed by atoms with van der Waals surface area (Å²) in [7, 11) is 1.60. The number of ketones is 1. The van der Waals surface area contributed by atoms with Gasteiger partial charge in [-0.1, -0.05) is 0 Å². The lowest BCUT2D eigenvalue weighted by atomic mass is 10.1. The predicted molar refractivity (Wildman–Crippen MR) is 62.6 cm³/mol. The smallest absolute Gasteiger partial charge is 0.165 e. The second kappa shape index (κ2) is 7.14. The number of rotatable bonds is 7. The minimum absolute atomic E-state index is 0.0268. The SMILES string of the molecule is COCC(C)OCCC(=O)c1ccc(F)cc1. The van der Waals surface area contributed by atoms with Crippen molar-refractivity contribution in [2.45, 2.75) is 19.4 Å². The molecule has 0 aliphatic carbocycles. The Morgan fingerprint density at radius 3 is 2.59 bits per heavy atom. The minimum atomic E-state index is -0.341. The van der Waals surface area contributed by atoms with Crippen LogP contribution in [0.15, 0.2) is 24.3 Å². The molecule has 0 aliphatic rings. The summed E-state index contributed by atoms with van der Waals surface area (Å²) in [5, 5.41) is 0. The highest BCUT2D eigenvalue weighted by Gasteiger charge is 2.07. The summed E-state index contributed by atoms with van der Waals surface area (Å²) in [5.41, 5.74) is 0.509. The fourth-order valence-corrected chi connectivity index (χ4v) is 1.42. The van der Waals surface area contributed by atoms with Crippen molar-refractivity contribution >= 4 is 5.78 Å². The highest BCUT2D eigenvalue weighted by Crippen LogP contribution is 2.06. The van der Waals surface area contributed by atoms with E-state index in [0.717, 1.165) is 0 Å². The first-order valence-electron chi connectivity index (χ1n) is 5.52. The molecule has 94 valence electrons. The minimum Gasteiger partial charge on any atom is -0.382 e. The molecular formula is C13H17FO3. The summed E-state index contributed by atoms with van der Waals surface area (Å²) in [6, 6.07) is 5.52. The van der Waals surface area contributed by atoms with Crippen LogP contribution in [0.4, 0.5) is 4.39 Å². The Labute approximate surface area is 101 Å². The Bertz CT molecular complexity index is 348. The highest BCUT2D eigenvalue weighted by atomic mass is 19.1. The van der Waals surface area contributed by atoms with Gasteiger partial charge >= 0.3 is 0 Å². The molecule has 4 heteroatoms. The lowest BCUT2D eigenvalue weighted by Crippen LogP contribution is -2.17. The van der Waals surface area contributed by atoms with Gasteiger partial charge in [-0.15, -0.1) is 0 Å². The Hall–Kier alpha value is -1.26. The zero-order valence-electron chi connectivity index (χ0n) is 10.1. The van der Waals surface area contributed by atoms with Crippen molar-refractivity contribution in [3.8, 4) is 0 Å². The van der Waals surface area contributed by atoms with Crippen molar-refractivity contribution in [3.63, 3.8) is 0 Å². The second-order valence-electron chi connectivity index (χ2n) is 3.82. The molecule has 0 saturated carbocycles. The summed E-state index contributed by atoms with van der Waals surface area (Å²) in [6.07, 6.45) is 0.265. The zero-order valence-corrected chi connectivity index (χ0v) is 10.1. The maximum absolute atomic E-state index is 12.6. The average Bonchev–Trinajstić information content (AvgIpc) is 2.30. The van der Waals surface area contributed by atoms with E-state index >= 15 is 0 Å². The number of ether oxygens (including phenoxy) is 2. The first kappa shape index (κ1) is 13.8. The van der Waals surface area contributed by atoms with Crippen LogP contribution in [0.2, 0.25) is 0 Å². The van der Waals surface area contributed by atoms with Gasteiger partial charge in [0.15, 0.2) is 5.78 Å². The Balaban J connectivity index is 2.32. The highest BCUT2D eigenvalue weighted by molar-refractivity contribution is 5.96. The number of halogens is 1. The fourth-order valence-electron chi connectivity index (χ4n) is 1.42. The number of carbonyl (C=O) groups is 1. The molecule has 0 amide bonds. The van der Waals surface area contributed by atoms with E-state index in [9.17, 15) is 9.18 Å². The number of hydrogen-bond acceptors (Lipinski definition) is 3. The van der Waals surface area contributed by atoms with E-state index in [1.54, 1.807) is 7.11 Å². The summed E-state index contributed by atoms with van der Waals surface area (Å²) in [4.78, 5) is 11.7. The Kier molecular flexibility index (Phi) is 5.80. The summed E-state index contributed by atoms with van der Waals surface area (Å²) in [5.74, 6) is -0.388. The van der Waals surface area contributed by atoms with Gasteiger partial charge in [0.2, 0.25) is 0 Å². The predicted octanol–water partition coefficient (Wildman–Crippen LogP) is 2.45. The first-order valence-corrected chi connectivity index (χ1v) is 5.52. The van der Waals surface area contributed by atoms with E-state index in [-0.39, 0.29) is 17.7 Å². The van der Waals surface area contributed by atoms with Crippen molar-refractivity contribution in [2.75, 3.05) is 20.3 Å². The van der Waals surface area contributed by atoms with Crippen LogP contribution >= 0.6 is 0 Å². The van der Waals surface area contributed by atoms with Crippen molar-refractivity contribution in [2.24, 2.45) is 0 Å². The molecule has 0 bridgehead atoms. The molecular weight excluding hydrogens is 223 g/mol. The Morgan fingerprint density at radius 1 is 1.35 bits per heavy atom. The number of methoxy groups -OCH3 is 1. The van der Waals surface area contributed by atoms with Crippen LogP contribution in [0.5, 0.6) is 0 Å². The van der Waals surface area contributed by atoms with Gasteiger partial charge in [-0.05, 0) is 31.2 Å². The van der Waals surface area contributed by atoms with Gasteiger partial charge in [-0.2, -0.15) is 0 Å². The average molecular weight is 240 g/mol. The quantitative estimate of drug-likeness (QED) is 0.687. The molecule has 1 aromatic rings. The van der Waals surface area contributed by atoms with Crippen molar-refractivity contribution in [1.29, 1.82) is 0 Å². The molecule has 0 aliphatic heterocycles. The molecule has 17 heavy (non-hydrogen) atoms. The lowest BCUT2D eigenvalue weighted by Gasteiger charge is -2.11. The van der Waals surface area contributed by atoms with Gasteiger partial charge in [0.1, 0.15) is 5.82 Å². The van der Waals surface area contributed by atoms with E-state index in [1.807, 2.05) is 6.92 Å². The van der Waals surface area contributed by atoms with Crippen LogP contribution in [-0.2, 0) is 9.47 Å². The maximum Gasteiger partial charge on any atom is 0.165 e. The van der Waals surface area contributed by atoms with Gasteiger partial charge in [0, 0.05) is 19.1 Å².